The number of nitrogens with one attached hydrogen (secondary N) is 2. The third kappa shape index (κ3) is 11.0. The molecule has 9 heteroatoms. The molecule has 32 heavy (non-hydrogen) atoms. The van der Waals surface area contributed by atoms with E-state index < -0.39 is 5.60 Å². The van der Waals surface area contributed by atoms with Crippen molar-refractivity contribution in [3.8, 4) is 0 Å². The Bertz CT molecular complexity index is 601. The van der Waals surface area contributed by atoms with Crippen LogP contribution in [0.4, 0.5) is 4.79 Å². The van der Waals surface area contributed by atoms with Crippen molar-refractivity contribution in [2.24, 2.45) is 10.9 Å². The first-order valence-corrected chi connectivity index (χ1v) is 12.1. The average Bonchev–Trinajstić information content (AvgIpc) is 2.92. The first-order valence-electron chi connectivity index (χ1n) is 12.1. The fourth-order valence-electron chi connectivity index (χ4n) is 3.94. The van der Waals surface area contributed by atoms with Crippen LogP contribution in [0.1, 0.15) is 72.6 Å². The average molecular weight is 566 g/mol. The molecule has 2 aliphatic heterocycles. The highest BCUT2D eigenvalue weighted by Gasteiger charge is 2.26. The van der Waals surface area contributed by atoms with Crippen molar-refractivity contribution >= 4 is 41.9 Å². The van der Waals surface area contributed by atoms with E-state index in [9.17, 15) is 9.59 Å². The van der Waals surface area contributed by atoms with Crippen molar-refractivity contribution in [1.82, 2.24) is 20.4 Å². The molecule has 2 fully saturated rings. The SMILES string of the molecule is CCNC(=NCC1CCN(C(=O)OC(C)(C)C)CC1)NCCCN1CCCCCC1=O.I. The van der Waals surface area contributed by atoms with Gasteiger partial charge in [-0.15, -0.1) is 24.0 Å². The smallest absolute Gasteiger partial charge is 0.410 e. The molecule has 0 aromatic heterocycles. The van der Waals surface area contributed by atoms with Gasteiger partial charge >= 0.3 is 6.09 Å². The van der Waals surface area contributed by atoms with Crippen molar-refractivity contribution in [2.75, 3.05) is 45.8 Å². The van der Waals surface area contributed by atoms with E-state index in [0.717, 1.165) is 90.3 Å². The van der Waals surface area contributed by atoms with E-state index in [2.05, 4.69) is 17.6 Å². The van der Waals surface area contributed by atoms with Gasteiger partial charge in [-0.1, -0.05) is 6.42 Å². The number of ether oxygens (including phenoxy) is 1. The van der Waals surface area contributed by atoms with E-state index in [1.165, 1.54) is 0 Å². The van der Waals surface area contributed by atoms with Gasteiger partial charge in [0.2, 0.25) is 5.91 Å². The van der Waals surface area contributed by atoms with E-state index in [1.807, 2.05) is 25.7 Å². The Hall–Kier alpha value is -1.26. The third-order valence-corrected chi connectivity index (χ3v) is 5.69. The summed E-state index contributed by atoms with van der Waals surface area (Å²) in [6.45, 7) is 13.3. The number of rotatable bonds is 7. The molecule has 0 atom stereocenters. The van der Waals surface area contributed by atoms with Gasteiger partial charge in [-0.05, 0) is 65.7 Å². The third-order valence-electron chi connectivity index (χ3n) is 5.69. The summed E-state index contributed by atoms with van der Waals surface area (Å²) >= 11 is 0. The molecule has 2 aliphatic rings. The summed E-state index contributed by atoms with van der Waals surface area (Å²) in [7, 11) is 0. The van der Waals surface area contributed by atoms with Crippen molar-refractivity contribution < 1.29 is 14.3 Å². The van der Waals surface area contributed by atoms with Crippen LogP contribution in [0.15, 0.2) is 4.99 Å². The molecular weight excluding hydrogens is 521 g/mol. The molecule has 2 saturated heterocycles. The number of nitrogens with zero attached hydrogens (tertiary/aromatic N) is 3. The fourth-order valence-corrected chi connectivity index (χ4v) is 3.94. The van der Waals surface area contributed by atoms with Gasteiger partial charge in [0, 0.05) is 52.2 Å². The number of carbonyl (C=O) groups is 2. The normalized spacial score (nSPS) is 18.6. The van der Waals surface area contributed by atoms with E-state index >= 15 is 0 Å². The lowest BCUT2D eigenvalue weighted by molar-refractivity contribution is -0.130. The zero-order chi connectivity index (χ0) is 22.7. The largest absolute Gasteiger partial charge is 0.444 e. The lowest BCUT2D eigenvalue weighted by Gasteiger charge is -2.33. The number of guanidine groups is 1. The zero-order valence-corrected chi connectivity index (χ0v) is 22.8. The molecule has 0 spiro atoms. The van der Waals surface area contributed by atoms with Gasteiger partial charge < -0.3 is 25.2 Å². The molecule has 0 bridgehead atoms. The van der Waals surface area contributed by atoms with Crippen LogP contribution in [-0.4, -0.2) is 79.2 Å². The van der Waals surface area contributed by atoms with E-state index in [4.69, 9.17) is 9.73 Å². The summed E-state index contributed by atoms with van der Waals surface area (Å²) in [6.07, 6.45) is 6.60. The van der Waals surface area contributed by atoms with Gasteiger partial charge in [-0.3, -0.25) is 9.79 Å². The first kappa shape index (κ1) is 28.8. The fraction of sp³-hybridized carbons (Fsp3) is 0.870. The summed E-state index contributed by atoms with van der Waals surface area (Å²) < 4.78 is 5.47. The molecular formula is C23H44IN5O3. The quantitative estimate of drug-likeness (QED) is 0.213. The highest BCUT2D eigenvalue weighted by atomic mass is 127. The molecule has 8 nitrogen and oxygen atoms in total. The predicted octanol–water partition coefficient (Wildman–Crippen LogP) is 3.60. The zero-order valence-electron chi connectivity index (χ0n) is 20.5. The topological polar surface area (TPSA) is 86.3 Å². The van der Waals surface area contributed by atoms with Crippen LogP contribution in [0, 0.1) is 5.92 Å². The lowest BCUT2D eigenvalue weighted by atomic mass is 9.97. The van der Waals surface area contributed by atoms with Crippen molar-refractivity contribution in [1.29, 1.82) is 0 Å². The molecule has 2 amide bonds. The maximum atomic E-state index is 12.2. The molecule has 2 heterocycles. The van der Waals surface area contributed by atoms with Crippen LogP contribution in [0.5, 0.6) is 0 Å². The highest BCUT2D eigenvalue weighted by Crippen LogP contribution is 2.20. The minimum atomic E-state index is -0.453. The van der Waals surface area contributed by atoms with E-state index in [1.54, 1.807) is 4.90 Å². The Balaban J connectivity index is 0.00000512. The first-order chi connectivity index (χ1) is 14.8. The van der Waals surface area contributed by atoms with Gasteiger partial charge in [0.05, 0.1) is 0 Å². The Morgan fingerprint density at radius 2 is 1.84 bits per heavy atom. The molecule has 2 N–H and O–H groups in total. The molecule has 0 radical (unpaired) electrons. The minimum Gasteiger partial charge on any atom is -0.444 e. The summed E-state index contributed by atoms with van der Waals surface area (Å²) in [5, 5.41) is 6.71. The summed E-state index contributed by atoms with van der Waals surface area (Å²) in [6, 6.07) is 0. The monoisotopic (exact) mass is 565 g/mol. The van der Waals surface area contributed by atoms with Crippen LogP contribution < -0.4 is 10.6 Å². The van der Waals surface area contributed by atoms with Crippen molar-refractivity contribution in [3.05, 3.63) is 0 Å². The Morgan fingerprint density at radius 1 is 1.12 bits per heavy atom. The standard InChI is InChI=1S/C23H43N5O3.HI/c1-5-24-21(25-13-9-15-27-14-8-6-7-10-20(27)29)26-18-19-11-16-28(17-12-19)22(30)31-23(2,3)4;/h19H,5-18H2,1-4H3,(H2,24,25,26);1H. The van der Waals surface area contributed by atoms with Crippen LogP contribution in [0.2, 0.25) is 0 Å². The molecule has 0 saturated carbocycles. The predicted molar refractivity (Wildman–Crippen MR) is 140 cm³/mol. The summed E-state index contributed by atoms with van der Waals surface area (Å²) in [4.78, 5) is 32.9. The number of amides is 2. The maximum Gasteiger partial charge on any atom is 0.410 e. The second-order valence-electron chi connectivity index (χ2n) is 9.60. The summed E-state index contributed by atoms with van der Waals surface area (Å²) in [5.74, 6) is 1.61. The number of hydrogen-bond acceptors (Lipinski definition) is 4. The number of aliphatic imine (C=N–C) groups is 1. The minimum absolute atomic E-state index is 0. The molecule has 0 aliphatic carbocycles. The Morgan fingerprint density at radius 3 is 2.50 bits per heavy atom. The van der Waals surface area contributed by atoms with Crippen LogP contribution in [0.3, 0.4) is 0 Å². The number of hydrogen-bond donors (Lipinski definition) is 2. The van der Waals surface area contributed by atoms with Gasteiger partial charge in [0.25, 0.3) is 0 Å². The highest BCUT2D eigenvalue weighted by molar-refractivity contribution is 14.0. The number of likely N-dealkylation sites (tertiary alicyclic amines) is 2. The van der Waals surface area contributed by atoms with E-state index in [-0.39, 0.29) is 30.1 Å². The summed E-state index contributed by atoms with van der Waals surface area (Å²) in [5.41, 5.74) is -0.453. The number of halogens is 1. The van der Waals surface area contributed by atoms with Crippen molar-refractivity contribution in [2.45, 2.75) is 78.2 Å². The Labute approximate surface area is 211 Å². The molecule has 0 unspecified atom stereocenters. The Kier molecular flexibility index (Phi) is 13.3. The van der Waals surface area contributed by atoms with Gasteiger partial charge in [-0.2, -0.15) is 0 Å². The van der Waals surface area contributed by atoms with Crippen LogP contribution in [0.25, 0.3) is 0 Å². The number of piperidine rings is 1. The van der Waals surface area contributed by atoms with Gasteiger partial charge in [0.15, 0.2) is 5.96 Å². The molecule has 0 aromatic rings. The van der Waals surface area contributed by atoms with Gasteiger partial charge in [0.1, 0.15) is 5.60 Å². The maximum absolute atomic E-state index is 12.2. The molecule has 0 aromatic carbocycles. The van der Waals surface area contributed by atoms with Crippen LogP contribution in [-0.2, 0) is 9.53 Å². The van der Waals surface area contributed by atoms with E-state index in [0.29, 0.717) is 18.2 Å². The number of carbonyl (C=O) groups excluding carboxylic acids is 2. The molecule has 2 rings (SSSR count). The van der Waals surface area contributed by atoms with Crippen molar-refractivity contribution in [3.63, 3.8) is 0 Å². The second-order valence-corrected chi connectivity index (χ2v) is 9.60. The molecule has 186 valence electrons. The lowest BCUT2D eigenvalue weighted by Crippen LogP contribution is -2.42. The second kappa shape index (κ2) is 14.8. The van der Waals surface area contributed by atoms with Crippen LogP contribution >= 0.6 is 24.0 Å². The van der Waals surface area contributed by atoms with Gasteiger partial charge in [-0.25, -0.2) is 4.79 Å².